The Morgan fingerprint density at radius 3 is 2.76 bits per heavy atom. The van der Waals surface area contributed by atoms with Gasteiger partial charge in [0.25, 0.3) is 0 Å². The van der Waals surface area contributed by atoms with E-state index in [4.69, 9.17) is 0 Å². The monoisotopic (exact) mass is 242 g/mol. The van der Waals surface area contributed by atoms with E-state index >= 15 is 0 Å². The second kappa shape index (κ2) is 4.18. The minimum Gasteiger partial charge on any atom is -0.346 e. The van der Waals surface area contributed by atoms with Crippen LogP contribution in [-0.2, 0) is 0 Å². The Kier molecular flexibility index (Phi) is 2.53. The number of fused-ring (bicyclic) bond motifs is 1. The largest absolute Gasteiger partial charge is 0.346 e. The van der Waals surface area contributed by atoms with Gasteiger partial charge in [-0.1, -0.05) is 11.8 Å². The van der Waals surface area contributed by atoms with Gasteiger partial charge in [-0.15, -0.1) is 0 Å². The van der Waals surface area contributed by atoms with Crippen LogP contribution in [0.4, 0.5) is 0 Å². The lowest BCUT2D eigenvalue weighted by molar-refractivity contribution is 0.973. The first-order chi connectivity index (χ1) is 8.38. The van der Waals surface area contributed by atoms with Gasteiger partial charge in [0, 0.05) is 41.3 Å². The van der Waals surface area contributed by atoms with E-state index in [1.54, 1.807) is 6.20 Å². The van der Waals surface area contributed by atoms with E-state index < -0.39 is 0 Å². The van der Waals surface area contributed by atoms with Crippen molar-refractivity contribution in [1.29, 1.82) is 0 Å². The van der Waals surface area contributed by atoms with E-state index in [0.29, 0.717) is 0 Å². The van der Waals surface area contributed by atoms with Crippen LogP contribution in [0.5, 0.6) is 0 Å². The van der Waals surface area contributed by atoms with E-state index in [1.165, 1.54) is 11.8 Å². The molecular weight excluding hydrogens is 232 g/mol. The number of aromatic amines is 1. The summed E-state index contributed by atoms with van der Waals surface area (Å²) in [6, 6.07) is 3.97. The van der Waals surface area contributed by atoms with Crippen LogP contribution < -0.4 is 0 Å². The molecule has 0 amide bonds. The van der Waals surface area contributed by atoms with Gasteiger partial charge in [0.05, 0.1) is 0 Å². The predicted octanol–water partition coefficient (Wildman–Crippen LogP) is 2.74. The van der Waals surface area contributed by atoms with E-state index in [-0.39, 0.29) is 0 Å². The Bertz CT molecular complexity index is 645. The molecule has 17 heavy (non-hydrogen) atoms. The first-order valence-electron chi connectivity index (χ1n) is 5.17. The predicted molar refractivity (Wildman–Crippen MR) is 68.9 cm³/mol. The van der Waals surface area contributed by atoms with Crippen LogP contribution >= 0.6 is 11.8 Å². The molecule has 0 aliphatic rings. The van der Waals surface area contributed by atoms with Gasteiger partial charge in [-0.2, -0.15) is 0 Å². The molecule has 0 aliphatic heterocycles. The summed E-state index contributed by atoms with van der Waals surface area (Å²) < 4.78 is 0. The summed E-state index contributed by atoms with van der Waals surface area (Å²) in [5, 5.41) is 1.87. The van der Waals surface area contributed by atoms with Gasteiger partial charge in [-0.3, -0.25) is 0 Å². The van der Waals surface area contributed by atoms with Crippen LogP contribution in [-0.4, -0.2) is 26.2 Å². The molecule has 84 valence electrons. The fourth-order valence-corrected chi connectivity index (χ4v) is 2.07. The molecular formula is C12H10N4S. The van der Waals surface area contributed by atoms with Crippen molar-refractivity contribution in [3.8, 4) is 11.1 Å². The number of H-pyrrole nitrogens is 1. The minimum atomic E-state index is 0.784. The summed E-state index contributed by atoms with van der Waals surface area (Å²) in [5.74, 6) is 0. The summed E-state index contributed by atoms with van der Waals surface area (Å²) in [7, 11) is 0. The fraction of sp³-hybridized carbons (Fsp3) is 0.0833. The first kappa shape index (κ1) is 10.3. The summed E-state index contributed by atoms with van der Waals surface area (Å²) in [4.78, 5) is 16.0. The van der Waals surface area contributed by atoms with Crippen LogP contribution in [0.2, 0.25) is 0 Å². The Hall–Kier alpha value is -1.88. The number of nitrogens with one attached hydrogen (secondary N) is 1. The van der Waals surface area contributed by atoms with Crippen molar-refractivity contribution in [2.24, 2.45) is 0 Å². The summed E-state index contributed by atoms with van der Waals surface area (Å²) in [5.41, 5.74) is 2.97. The molecule has 3 aromatic heterocycles. The van der Waals surface area contributed by atoms with E-state index in [2.05, 4.69) is 19.9 Å². The molecule has 0 fully saturated rings. The molecule has 0 radical (unpaired) electrons. The maximum atomic E-state index is 4.28. The van der Waals surface area contributed by atoms with Crippen molar-refractivity contribution in [2.45, 2.75) is 5.16 Å². The lowest BCUT2D eigenvalue weighted by atomic mass is 10.1. The second-order valence-corrected chi connectivity index (χ2v) is 4.33. The van der Waals surface area contributed by atoms with Gasteiger partial charge >= 0.3 is 0 Å². The number of nitrogens with zero attached hydrogens (tertiary/aromatic N) is 3. The zero-order chi connectivity index (χ0) is 11.7. The van der Waals surface area contributed by atoms with Crippen LogP contribution in [0.15, 0.2) is 42.1 Å². The normalized spacial score (nSPS) is 10.9. The molecule has 0 spiro atoms. The lowest BCUT2D eigenvalue weighted by Crippen LogP contribution is -1.86. The van der Waals surface area contributed by atoms with E-state index in [9.17, 15) is 0 Å². The van der Waals surface area contributed by atoms with Crippen LogP contribution in [0.3, 0.4) is 0 Å². The molecule has 3 heterocycles. The molecule has 0 saturated heterocycles. The third kappa shape index (κ3) is 1.78. The molecule has 0 atom stereocenters. The smallest absolute Gasteiger partial charge is 0.187 e. The van der Waals surface area contributed by atoms with Crippen LogP contribution in [0, 0.1) is 0 Å². The molecule has 5 heteroatoms. The van der Waals surface area contributed by atoms with Gasteiger partial charge in [0.15, 0.2) is 5.16 Å². The molecule has 3 aromatic rings. The third-order valence-electron chi connectivity index (χ3n) is 2.57. The Morgan fingerprint density at radius 2 is 2.00 bits per heavy atom. The van der Waals surface area contributed by atoms with Crippen molar-refractivity contribution in [1.82, 2.24) is 19.9 Å². The third-order valence-corrected chi connectivity index (χ3v) is 3.15. The molecule has 0 unspecified atom stereocenters. The highest BCUT2D eigenvalue weighted by Gasteiger charge is 2.07. The van der Waals surface area contributed by atoms with Gasteiger partial charge in [0.2, 0.25) is 0 Å². The van der Waals surface area contributed by atoms with Crippen molar-refractivity contribution in [3.63, 3.8) is 0 Å². The Labute approximate surface area is 103 Å². The molecule has 3 rings (SSSR count). The maximum Gasteiger partial charge on any atom is 0.187 e. The minimum absolute atomic E-state index is 0.784. The number of thioether (sulfide) groups is 1. The number of aromatic nitrogens is 4. The average Bonchev–Trinajstić information content (AvgIpc) is 2.83. The number of hydrogen-bond donors (Lipinski definition) is 1. The van der Waals surface area contributed by atoms with Crippen molar-refractivity contribution in [3.05, 3.63) is 36.9 Å². The highest BCUT2D eigenvalue weighted by atomic mass is 32.2. The number of pyridine rings is 1. The molecule has 4 nitrogen and oxygen atoms in total. The SMILES string of the molecule is CSc1ncc(-c2c[nH]c3ncccc23)cn1. The first-order valence-corrected chi connectivity index (χ1v) is 6.39. The number of rotatable bonds is 2. The quantitative estimate of drug-likeness (QED) is 0.554. The molecule has 1 N–H and O–H groups in total. The lowest BCUT2D eigenvalue weighted by Gasteiger charge is -1.99. The Morgan fingerprint density at radius 1 is 1.18 bits per heavy atom. The highest BCUT2D eigenvalue weighted by Crippen LogP contribution is 2.26. The summed E-state index contributed by atoms with van der Waals surface area (Å²) in [6.45, 7) is 0. The van der Waals surface area contributed by atoms with Crippen LogP contribution in [0.25, 0.3) is 22.2 Å². The standard InChI is InChI=1S/C12H10N4S/c1-17-12-15-5-8(6-16-12)10-7-14-11-9(10)3-2-4-13-11/h2-7H,1H3,(H,13,14). The molecule has 0 aliphatic carbocycles. The van der Waals surface area contributed by atoms with Gasteiger partial charge < -0.3 is 4.98 Å². The Balaban J connectivity index is 2.13. The number of hydrogen-bond acceptors (Lipinski definition) is 4. The van der Waals surface area contributed by atoms with Gasteiger partial charge in [0.1, 0.15) is 5.65 Å². The van der Waals surface area contributed by atoms with E-state index in [0.717, 1.165) is 27.3 Å². The topological polar surface area (TPSA) is 54.5 Å². The zero-order valence-corrected chi connectivity index (χ0v) is 10.0. The van der Waals surface area contributed by atoms with Gasteiger partial charge in [-0.05, 0) is 18.4 Å². The summed E-state index contributed by atoms with van der Waals surface area (Å²) >= 11 is 1.54. The average molecular weight is 242 g/mol. The molecule has 0 saturated carbocycles. The van der Waals surface area contributed by atoms with Crippen molar-refractivity contribution in [2.75, 3.05) is 6.26 Å². The highest BCUT2D eigenvalue weighted by molar-refractivity contribution is 7.98. The fourth-order valence-electron chi connectivity index (χ4n) is 1.76. The maximum absolute atomic E-state index is 4.28. The molecule has 0 bridgehead atoms. The van der Waals surface area contributed by atoms with Crippen molar-refractivity contribution < 1.29 is 0 Å². The summed E-state index contributed by atoms with van der Waals surface area (Å²) in [6.07, 6.45) is 9.36. The van der Waals surface area contributed by atoms with Crippen LogP contribution in [0.1, 0.15) is 0 Å². The van der Waals surface area contributed by atoms with Gasteiger partial charge in [-0.25, -0.2) is 15.0 Å². The van der Waals surface area contributed by atoms with E-state index in [1.807, 2.05) is 37.0 Å². The zero-order valence-electron chi connectivity index (χ0n) is 9.21. The molecule has 0 aromatic carbocycles. The van der Waals surface area contributed by atoms with Crippen molar-refractivity contribution >= 4 is 22.8 Å². The second-order valence-electron chi connectivity index (χ2n) is 3.56.